The molecule has 134 valence electrons. The van der Waals surface area contributed by atoms with E-state index in [1.54, 1.807) is 12.1 Å². The zero-order valence-corrected chi connectivity index (χ0v) is 15.5. The van der Waals surface area contributed by atoms with Gasteiger partial charge in [-0.05, 0) is 54.7 Å². The van der Waals surface area contributed by atoms with Gasteiger partial charge in [0.2, 0.25) is 15.9 Å². The lowest BCUT2D eigenvalue weighted by Gasteiger charge is -2.36. The second-order valence-electron chi connectivity index (χ2n) is 7.82. The smallest absolute Gasteiger partial charge is 0.238 e. The molecule has 0 unspecified atom stereocenters. The van der Waals surface area contributed by atoms with Crippen molar-refractivity contribution in [2.75, 3.05) is 0 Å². The first kappa shape index (κ1) is 18.9. The van der Waals surface area contributed by atoms with Gasteiger partial charge in [0.25, 0.3) is 0 Å². The van der Waals surface area contributed by atoms with Gasteiger partial charge in [-0.25, -0.2) is 13.6 Å². The van der Waals surface area contributed by atoms with E-state index in [2.05, 4.69) is 26.1 Å². The standard InChI is InChI=1S/C18H28N2O3S/c1-18(2,3)15-8-6-14(7-9-15)17(21)20-12-13-4-10-16(11-5-13)24(19,22)23/h4-5,10-11,14-15H,6-9,12H2,1-3H3,(H,20,21)(H2,19,22,23). The number of nitrogens with one attached hydrogen (secondary N) is 1. The number of carbonyl (C=O) groups is 1. The summed E-state index contributed by atoms with van der Waals surface area (Å²) in [6.07, 6.45) is 4.09. The molecule has 6 heteroatoms. The van der Waals surface area contributed by atoms with Crippen LogP contribution in [0.15, 0.2) is 29.2 Å². The number of sulfonamides is 1. The lowest BCUT2D eigenvalue weighted by atomic mass is 9.69. The molecule has 0 heterocycles. The maximum absolute atomic E-state index is 12.3. The maximum Gasteiger partial charge on any atom is 0.238 e. The molecule has 0 aromatic heterocycles. The van der Waals surface area contributed by atoms with Gasteiger partial charge in [0.15, 0.2) is 0 Å². The van der Waals surface area contributed by atoms with Gasteiger partial charge in [-0.15, -0.1) is 0 Å². The van der Waals surface area contributed by atoms with Crippen molar-refractivity contribution in [2.24, 2.45) is 22.4 Å². The molecule has 0 aliphatic heterocycles. The molecular weight excluding hydrogens is 324 g/mol. The number of primary sulfonamides is 1. The summed E-state index contributed by atoms with van der Waals surface area (Å²) in [7, 11) is -3.67. The summed E-state index contributed by atoms with van der Waals surface area (Å²) >= 11 is 0. The minimum atomic E-state index is -3.67. The van der Waals surface area contributed by atoms with Gasteiger partial charge in [0, 0.05) is 12.5 Å². The molecule has 0 spiro atoms. The number of hydrogen-bond donors (Lipinski definition) is 2. The predicted molar refractivity (Wildman–Crippen MR) is 94.6 cm³/mol. The van der Waals surface area contributed by atoms with Crippen molar-refractivity contribution in [3.8, 4) is 0 Å². The molecule has 0 atom stereocenters. The molecule has 1 aromatic rings. The maximum atomic E-state index is 12.3. The van der Waals surface area contributed by atoms with Gasteiger partial charge >= 0.3 is 0 Å². The Morgan fingerprint density at radius 3 is 2.12 bits per heavy atom. The molecular formula is C18H28N2O3S. The lowest BCUT2D eigenvalue weighted by Crippen LogP contribution is -2.35. The van der Waals surface area contributed by atoms with E-state index in [1.165, 1.54) is 12.1 Å². The van der Waals surface area contributed by atoms with Crippen LogP contribution in [-0.2, 0) is 21.4 Å². The molecule has 1 aromatic carbocycles. The third-order valence-electron chi connectivity index (χ3n) is 5.04. The quantitative estimate of drug-likeness (QED) is 0.873. The van der Waals surface area contributed by atoms with Crippen molar-refractivity contribution >= 4 is 15.9 Å². The van der Waals surface area contributed by atoms with E-state index in [-0.39, 0.29) is 16.7 Å². The summed E-state index contributed by atoms with van der Waals surface area (Å²) in [5, 5.41) is 8.03. The largest absolute Gasteiger partial charge is 0.352 e. The van der Waals surface area contributed by atoms with Crippen molar-refractivity contribution in [3.05, 3.63) is 29.8 Å². The molecule has 3 N–H and O–H groups in total. The average molecular weight is 353 g/mol. The minimum Gasteiger partial charge on any atom is -0.352 e. The fourth-order valence-electron chi connectivity index (χ4n) is 3.35. The summed E-state index contributed by atoms with van der Waals surface area (Å²) < 4.78 is 22.4. The van der Waals surface area contributed by atoms with E-state index < -0.39 is 10.0 Å². The van der Waals surface area contributed by atoms with Crippen LogP contribution in [0.3, 0.4) is 0 Å². The molecule has 1 aliphatic carbocycles. The van der Waals surface area contributed by atoms with E-state index in [0.717, 1.165) is 31.2 Å². The number of carbonyl (C=O) groups excluding carboxylic acids is 1. The Balaban J connectivity index is 1.84. The van der Waals surface area contributed by atoms with Crippen LogP contribution in [-0.4, -0.2) is 14.3 Å². The molecule has 0 bridgehead atoms. The first-order valence-corrected chi connectivity index (χ1v) is 10.0. The Morgan fingerprint density at radius 2 is 1.67 bits per heavy atom. The van der Waals surface area contributed by atoms with Crippen LogP contribution >= 0.6 is 0 Å². The van der Waals surface area contributed by atoms with Crippen molar-refractivity contribution in [2.45, 2.75) is 57.9 Å². The summed E-state index contributed by atoms with van der Waals surface area (Å²) in [6, 6.07) is 6.28. The highest BCUT2D eigenvalue weighted by Crippen LogP contribution is 2.39. The van der Waals surface area contributed by atoms with Gasteiger partial charge in [-0.2, -0.15) is 0 Å². The summed E-state index contributed by atoms with van der Waals surface area (Å²) in [5.74, 6) is 0.873. The first-order valence-electron chi connectivity index (χ1n) is 8.47. The second kappa shape index (κ2) is 7.23. The van der Waals surface area contributed by atoms with Crippen LogP contribution in [0.1, 0.15) is 52.0 Å². The SMILES string of the molecule is CC(C)(C)C1CCC(C(=O)NCc2ccc(S(N)(=O)=O)cc2)CC1. The van der Waals surface area contributed by atoms with Crippen LogP contribution in [0.25, 0.3) is 0 Å². The van der Waals surface area contributed by atoms with Gasteiger partial charge in [-0.1, -0.05) is 32.9 Å². The van der Waals surface area contributed by atoms with Gasteiger partial charge in [0.05, 0.1) is 4.90 Å². The Kier molecular flexibility index (Phi) is 5.71. The highest BCUT2D eigenvalue weighted by atomic mass is 32.2. The topological polar surface area (TPSA) is 89.3 Å². The fraction of sp³-hybridized carbons (Fsp3) is 0.611. The zero-order valence-electron chi connectivity index (χ0n) is 14.7. The summed E-state index contributed by atoms with van der Waals surface area (Å²) in [4.78, 5) is 12.4. The summed E-state index contributed by atoms with van der Waals surface area (Å²) in [5.41, 5.74) is 1.17. The number of amides is 1. The Labute approximate surface area is 145 Å². The third kappa shape index (κ3) is 5.05. The van der Waals surface area contributed by atoms with E-state index in [4.69, 9.17) is 5.14 Å². The van der Waals surface area contributed by atoms with Crippen molar-refractivity contribution in [3.63, 3.8) is 0 Å². The van der Waals surface area contributed by atoms with Crippen LogP contribution in [0.5, 0.6) is 0 Å². The number of nitrogens with two attached hydrogens (primary N) is 1. The molecule has 5 nitrogen and oxygen atoms in total. The van der Waals surface area contributed by atoms with Crippen molar-refractivity contribution in [1.82, 2.24) is 5.32 Å². The number of hydrogen-bond acceptors (Lipinski definition) is 3. The van der Waals surface area contributed by atoms with Crippen LogP contribution in [0.4, 0.5) is 0 Å². The minimum absolute atomic E-state index is 0.0816. The molecule has 1 amide bonds. The Hall–Kier alpha value is -1.40. The van der Waals surface area contributed by atoms with E-state index >= 15 is 0 Å². The van der Waals surface area contributed by atoms with Crippen molar-refractivity contribution in [1.29, 1.82) is 0 Å². The monoisotopic (exact) mass is 352 g/mol. The highest BCUT2D eigenvalue weighted by Gasteiger charge is 2.32. The average Bonchev–Trinajstić information content (AvgIpc) is 2.51. The highest BCUT2D eigenvalue weighted by molar-refractivity contribution is 7.89. The number of rotatable bonds is 4. The van der Waals surface area contributed by atoms with Crippen LogP contribution < -0.4 is 10.5 Å². The molecule has 2 rings (SSSR count). The van der Waals surface area contributed by atoms with Gasteiger partial charge in [0.1, 0.15) is 0 Å². The van der Waals surface area contributed by atoms with E-state index in [1.807, 2.05) is 0 Å². The normalized spacial score (nSPS) is 22.2. The first-order chi connectivity index (χ1) is 11.1. The van der Waals surface area contributed by atoms with Crippen LogP contribution in [0, 0.1) is 17.3 Å². The van der Waals surface area contributed by atoms with Gasteiger partial charge < -0.3 is 5.32 Å². The molecule has 0 radical (unpaired) electrons. The lowest BCUT2D eigenvalue weighted by molar-refractivity contribution is -0.126. The molecule has 24 heavy (non-hydrogen) atoms. The molecule has 1 aliphatic rings. The van der Waals surface area contributed by atoms with Crippen molar-refractivity contribution < 1.29 is 13.2 Å². The third-order valence-corrected chi connectivity index (χ3v) is 5.97. The zero-order chi connectivity index (χ0) is 18.0. The summed E-state index contributed by atoms with van der Waals surface area (Å²) in [6.45, 7) is 7.21. The predicted octanol–water partition coefficient (Wildman–Crippen LogP) is 2.80. The molecule has 1 fully saturated rings. The van der Waals surface area contributed by atoms with E-state index in [0.29, 0.717) is 17.9 Å². The van der Waals surface area contributed by atoms with Crippen LogP contribution in [0.2, 0.25) is 0 Å². The van der Waals surface area contributed by atoms with Gasteiger partial charge in [-0.3, -0.25) is 4.79 Å². The second-order valence-corrected chi connectivity index (χ2v) is 9.38. The Morgan fingerprint density at radius 1 is 1.12 bits per heavy atom. The molecule has 0 saturated heterocycles. The van der Waals surface area contributed by atoms with E-state index in [9.17, 15) is 13.2 Å². The molecule has 1 saturated carbocycles. The fourth-order valence-corrected chi connectivity index (χ4v) is 3.87. The number of benzene rings is 1. The Bertz CT molecular complexity index is 667.